The summed E-state index contributed by atoms with van der Waals surface area (Å²) in [6.45, 7) is 8.98. The zero-order valence-corrected chi connectivity index (χ0v) is 16.2. The van der Waals surface area contributed by atoms with E-state index in [4.69, 9.17) is 0 Å². The molecule has 1 aliphatic rings. The number of hydrogen-bond donors (Lipinski definition) is 1. The number of anilines is 3. The van der Waals surface area contributed by atoms with Gasteiger partial charge in [-0.2, -0.15) is 5.10 Å². The molecule has 4 rings (SSSR count). The molecule has 0 spiro atoms. The summed E-state index contributed by atoms with van der Waals surface area (Å²) in [5.41, 5.74) is 3.78. The molecular formula is C20H24N6O. The molecular weight excluding hydrogens is 340 g/mol. The van der Waals surface area contributed by atoms with E-state index in [-0.39, 0.29) is 11.4 Å². The van der Waals surface area contributed by atoms with E-state index < -0.39 is 0 Å². The molecule has 27 heavy (non-hydrogen) atoms. The van der Waals surface area contributed by atoms with E-state index in [9.17, 15) is 4.79 Å². The minimum atomic E-state index is -0.157. The van der Waals surface area contributed by atoms with Gasteiger partial charge in [0.2, 0.25) is 5.91 Å². The Labute approximate surface area is 158 Å². The largest absolute Gasteiger partial charge is 0.340 e. The Balaban J connectivity index is 1.69. The molecule has 0 radical (unpaired) electrons. The fraction of sp³-hybridized carbons (Fsp3) is 0.400. The number of nitrogens with zero attached hydrogens (tertiary/aromatic N) is 5. The third-order valence-corrected chi connectivity index (χ3v) is 4.86. The van der Waals surface area contributed by atoms with Gasteiger partial charge in [0, 0.05) is 24.3 Å². The van der Waals surface area contributed by atoms with Crippen molar-refractivity contribution in [1.29, 1.82) is 0 Å². The molecule has 2 aromatic heterocycles. The van der Waals surface area contributed by atoms with Gasteiger partial charge < -0.3 is 10.2 Å². The molecule has 1 aliphatic heterocycles. The fourth-order valence-corrected chi connectivity index (χ4v) is 3.56. The molecule has 0 saturated heterocycles. The highest BCUT2D eigenvalue weighted by molar-refractivity contribution is 5.97. The van der Waals surface area contributed by atoms with Crippen molar-refractivity contribution in [3.63, 3.8) is 0 Å². The van der Waals surface area contributed by atoms with Crippen LogP contribution >= 0.6 is 0 Å². The number of benzene rings is 1. The van der Waals surface area contributed by atoms with Crippen molar-refractivity contribution in [2.24, 2.45) is 0 Å². The summed E-state index contributed by atoms with van der Waals surface area (Å²) in [6, 6.07) is 6.10. The van der Waals surface area contributed by atoms with Gasteiger partial charge >= 0.3 is 0 Å². The Kier molecular flexibility index (Phi) is 4.09. The van der Waals surface area contributed by atoms with Gasteiger partial charge in [-0.3, -0.25) is 4.79 Å². The van der Waals surface area contributed by atoms with Crippen molar-refractivity contribution in [2.45, 2.75) is 46.1 Å². The molecule has 3 aromatic rings. The van der Waals surface area contributed by atoms with E-state index in [1.54, 1.807) is 12.5 Å². The van der Waals surface area contributed by atoms with Gasteiger partial charge in [0.15, 0.2) is 5.65 Å². The maximum atomic E-state index is 12.1. The van der Waals surface area contributed by atoms with E-state index in [1.807, 2.05) is 28.6 Å². The first kappa shape index (κ1) is 17.5. The Morgan fingerprint density at radius 1 is 1.19 bits per heavy atom. The van der Waals surface area contributed by atoms with E-state index >= 15 is 0 Å². The van der Waals surface area contributed by atoms with Crippen LogP contribution in [0.4, 0.5) is 17.2 Å². The van der Waals surface area contributed by atoms with Crippen LogP contribution in [-0.4, -0.2) is 32.2 Å². The van der Waals surface area contributed by atoms with Gasteiger partial charge in [-0.15, -0.1) is 0 Å². The number of aromatic nitrogens is 4. The number of carbonyl (C=O) groups is 1. The second kappa shape index (κ2) is 6.33. The van der Waals surface area contributed by atoms with Crippen molar-refractivity contribution in [3.05, 3.63) is 36.3 Å². The maximum Gasteiger partial charge on any atom is 0.227 e. The zero-order valence-electron chi connectivity index (χ0n) is 16.2. The van der Waals surface area contributed by atoms with Crippen LogP contribution in [-0.2, 0) is 16.8 Å². The molecule has 1 N–H and O–H groups in total. The van der Waals surface area contributed by atoms with Gasteiger partial charge in [0.25, 0.3) is 0 Å². The Morgan fingerprint density at radius 3 is 2.74 bits per heavy atom. The number of fused-ring (bicyclic) bond motifs is 2. The number of aryl methyl sites for hydroxylation is 1. The monoisotopic (exact) mass is 364 g/mol. The number of carbonyl (C=O) groups excluding carboxylic acids is 1. The van der Waals surface area contributed by atoms with Crippen LogP contribution in [0.5, 0.6) is 0 Å². The van der Waals surface area contributed by atoms with Gasteiger partial charge in [-0.1, -0.05) is 0 Å². The number of hydrogen-bond acceptors (Lipinski definition) is 5. The molecule has 3 heterocycles. The maximum absolute atomic E-state index is 12.1. The van der Waals surface area contributed by atoms with E-state index in [0.29, 0.717) is 13.0 Å². The van der Waals surface area contributed by atoms with Gasteiger partial charge in [0.05, 0.1) is 17.1 Å². The second-order valence-electron chi connectivity index (χ2n) is 7.79. The lowest BCUT2D eigenvalue weighted by atomic mass is 10.0. The predicted molar refractivity (Wildman–Crippen MR) is 106 cm³/mol. The molecule has 1 amide bonds. The Morgan fingerprint density at radius 2 is 2.00 bits per heavy atom. The van der Waals surface area contributed by atoms with Crippen molar-refractivity contribution >= 4 is 34.1 Å². The lowest BCUT2D eigenvalue weighted by Gasteiger charge is -2.28. The highest BCUT2D eigenvalue weighted by Crippen LogP contribution is 2.32. The summed E-state index contributed by atoms with van der Waals surface area (Å²) < 4.78 is 1.91. The van der Waals surface area contributed by atoms with E-state index in [2.05, 4.69) is 47.2 Å². The molecule has 0 unspecified atom stereocenters. The van der Waals surface area contributed by atoms with Crippen LogP contribution in [0.3, 0.4) is 0 Å². The molecule has 1 aromatic carbocycles. The van der Waals surface area contributed by atoms with Crippen LogP contribution in [0, 0.1) is 0 Å². The van der Waals surface area contributed by atoms with E-state index in [0.717, 1.165) is 34.6 Å². The van der Waals surface area contributed by atoms with Crippen molar-refractivity contribution in [2.75, 3.05) is 16.8 Å². The minimum absolute atomic E-state index is 0.157. The summed E-state index contributed by atoms with van der Waals surface area (Å²) in [4.78, 5) is 22.8. The average molecular weight is 364 g/mol. The fourth-order valence-electron chi connectivity index (χ4n) is 3.56. The van der Waals surface area contributed by atoms with Crippen LogP contribution < -0.4 is 10.2 Å². The molecule has 0 saturated carbocycles. The summed E-state index contributed by atoms with van der Waals surface area (Å²) in [6.07, 6.45) is 4.69. The third-order valence-electron chi connectivity index (χ3n) is 4.86. The Bertz CT molecular complexity index is 1020. The SMILES string of the molecule is CCN1C(=O)CCc2cc(Nc3ncnc4c3cnn4C(C)(C)C)ccc21. The second-order valence-corrected chi connectivity index (χ2v) is 7.79. The first-order chi connectivity index (χ1) is 12.9. The molecule has 0 aliphatic carbocycles. The van der Waals surface area contributed by atoms with Crippen LogP contribution in [0.1, 0.15) is 39.7 Å². The average Bonchev–Trinajstić information content (AvgIpc) is 3.07. The first-order valence-corrected chi connectivity index (χ1v) is 9.28. The molecule has 140 valence electrons. The third kappa shape index (κ3) is 3.03. The zero-order chi connectivity index (χ0) is 19.2. The summed E-state index contributed by atoms with van der Waals surface area (Å²) in [7, 11) is 0. The molecule has 0 fully saturated rings. The standard InChI is InChI=1S/C20H24N6O/c1-5-25-16-8-7-14(10-13(16)6-9-17(25)27)24-18-15-11-23-26(20(2,3)4)19(15)22-12-21-18/h7-8,10-12H,5-6,9H2,1-4H3,(H,21,22,24). The number of amides is 1. The van der Waals surface area contributed by atoms with Gasteiger partial charge in [0.1, 0.15) is 12.1 Å². The smallest absolute Gasteiger partial charge is 0.227 e. The summed E-state index contributed by atoms with van der Waals surface area (Å²) in [5.74, 6) is 0.924. The minimum Gasteiger partial charge on any atom is -0.340 e. The van der Waals surface area contributed by atoms with Crippen LogP contribution in [0.15, 0.2) is 30.7 Å². The van der Waals surface area contributed by atoms with Crippen molar-refractivity contribution in [3.8, 4) is 0 Å². The van der Waals surface area contributed by atoms with Gasteiger partial charge in [-0.05, 0) is 57.9 Å². The van der Waals surface area contributed by atoms with E-state index in [1.165, 1.54) is 5.56 Å². The van der Waals surface area contributed by atoms with Crippen LogP contribution in [0.25, 0.3) is 11.0 Å². The quantitative estimate of drug-likeness (QED) is 0.768. The topological polar surface area (TPSA) is 75.9 Å². The predicted octanol–water partition coefficient (Wildman–Crippen LogP) is 3.62. The normalized spacial score (nSPS) is 14.5. The van der Waals surface area contributed by atoms with Crippen molar-refractivity contribution < 1.29 is 4.79 Å². The summed E-state index contributed by atoms with van der Waals surface area (Å²) in [5, 5.41) is 8.78. The van der Waals surface area contributed by atoms with Gasteiger partial charge in [-0.25, -0.2) is 14.6 Å². The Hall–Kier alpha value is -2.96. The lowest BCUT2D eigenvalue weighted by Crippen LogP contribution is -2.34. The lowest BCUT2D eigenvalue weighted by molar-refractivity contribution is -0.118. The number of rotatable bonds is 3. The summed E-state index contributed by atoms with van der Waals surface area (Å²) >= 11 is 0. The highest BCUT2D eigenvalue weighted by atomic mass is 16.2. The molecule has 7 heteroatoms. The van der Waals surface area contributed by atoms with Crippen LogP contribution in [0.2, 0.25) is 0 Å². The highest BCUT2D eigenvalue weighted by Gasteiger charge is 2.23. The molecule has 7 nitrogen and oxygen atoms in total. The first-order valence-electron chi connectivity index (χ1n) is 9.28. The molecule has 0 atom stereocenters. The number of nitrogens with one attached hydrogen (secondary N) is 1. The molecule has 0 bridgehead atoms. The van der Waals surface area contributed by atoms with Crippen molar-refractivity contribution in [1.82, 2.24) is 19.7 Å².